The van der Waals surface area contributed by atoms with Crippen molar-refractivity contribution < 1.29 is 37.8 Å². The molecular formula is C74H80N4O6S2+2. The van der Waals surface area contributed by atoms with Gasteiger partial charge in [-0.3, -0.25) is 19.2 Å². The fourth-order valence-corrected chi connectivity index (χ4v) is 16.7. The number of aromatic nitrogens is 2. The van der Waals surface area contributed by atoms with E-state index in [0.29, 0.717) is 61.2 Å². The number of aryl methyl sites for hydroxylation is 2. The lowest BCUT2D eigenvalue weighted by molar-refractivity contribution is -0.672. The number of ketones is 4. The van der Waals surface area contributed by atoms with E-state index in [1.807, 2.05) is 41.7 Å². The van der Waals surface area contributed by atoms with Gasteiger partial charge in [0.2, 0.25) is 11.0 Å². The number of fused-ring (bicyclic) bond motifs is 10. The molecule has 12 heteroatoms. The summed E-state index contributed by atoms with van der Waals surface area (Å²) in [5.41, 5.74) is 11.5. The third-order valence-corrected chi connectivity index (χ3v) is 21.0. The number of pyridine rings is 2. The first-order valence-corrected chi connectivity index (χ1v) is 34.0. The number of benzene rings is 5. The second-order valence-electron chi connectivity index (χ2n) is 24.5. The average molecular weight is 1190 g/mol. The van der Waals surface area contributed by atoms with Crippen LogP contribution in [0.25, 0.3) is 33.0 Å². The minimum absolute atomic E-state index is 0.0687. The molecule has 7 aromatic rings. The predicted molar refractivity (Wildman–Crippen MR) is 346 cm³/mol. The first-order valence-electron chi connectivity index (χ1n) is 32.4. The Morgan fingerprint density at radius 3 is 1.28 bits per heavy atom. The fraction of sp³-hybridized carbons (Fsp3) is 0.405. The molecule has 0 N–H and O–H groups in total. The molecule has 2 unspecified atom stereocenters. The second-order valence-corrected chi connectivity index (χ2v) is 26.5. The minimum Gasteiger partial charge on any atom is -0.485 e. The molecule has 0 bridgehead atoms. The number of ether oxygens (including phenoxy) is 2. The van der Waals surface area contributed by atoms with E-state index in [-0.39, 0.29) is 23.8 Å². The lowest BCUT2D eigenvalue weighted by Gasteiger charge is -2.37. The van der Waals surface area contributed by atoms with Gasteiger partial charge in [0.05, 0.1) is 32.2 Å². The van der Waals surface area contributed by atoms with Crippen molar-refractivity contribution in [1.29, 1.82) is 0 Å². The summed E-state index contributed by atoms with van der Waals surface area (Å²) in [6.45, 7) is 3.73. The highest BCUT2D eigenvalue weighted by molar-refractivity contribution is 8.04. The number of Topliss-reactive ketones (excluding diaryl/α,β-unsaturated/α-hetero) is 4. The number of unbranched alkanes of at least 4 members (excludes halogenated alkanes) is 12. The zero-order valence-corrected chi connectivity index (χ0v) is 51.3. The molecule has 2 aromatic heterocycles. The van der Waals surface area contributed by atoms with Crippen LogP contribution in [-0.4, -0.2) is 48.4 Å². The smallest absolute Gasteiger partial charge is 0.216 e. The van der Waals surface area contributed by atoms with Crippen LogP contribution in [0.4, 0.5) is 11.4 Å². The van der Waals surface area contributed by atoms with Gasteiger partial charge in [-0.05, 0) is 93.8 Å². The van der Waals surface area contributed by atoms with Gasteiger partial charge in [-0.2, -0.15) is 9.13 Å². The summed E-state index contributed by atoms with van der Waals surface area (Å²) in [5, 5.41) is 5.03. The molecule has 2 atom stereocenters. The molecule has 10 nitrogen and oxygen atoms in total. The molecule has 13 rings (SSSR count). The average Bonchev–Trinajstić information content (AvgIpc) is 1.53. The van der Waals surface area contributed by atoms with Crippen molar-refractivity contribution in [3.8, 4) is 11.5 Å². The zero-order valence-electron chi connectivity index (χ0n) is 49.7. The van der Waals surface area contributed by atoms with Crippen LogP contribution in [0.3, 0.4) is 0 Å². The van der Waals surface area contributed by atoms with E-state index in [9.17, 15) is 19.2 Å². The van der Waals surface area contributed by atoms with Gasteiger partial charge >= 0.3 is 0 Å². The third kappa shape index (κ3) is 12.4. The van der Waals surface area contributed by atoms with Gasteiger partial charge in [0.25, 0.3) is 0 Å². The van der Waals surface area contributed by atoms with Crippen LogP contribution < -0.4 is 28.4 Å². The molecule has 0 saturated carbocycles. The van der Waals surface area contributed by atoms with Crippen molar-refractivity contribution in [1.82, 2.24) is 0 Å². The van der Waals surface area contributed by atoms with Gasteiger partial charge in [0.1, 0.15) is 48.4 Å². The van der Waals surface area contributed by atoms with Crippen molar-refractivity contribution in [2.24, 2.45) is 0 Å². The van der Waals surface area contributed by atoms with E-state index in [2.05, 4.69) is 128 Å². The van der Waals surface area contributed by atoms with Crippen LogP contribution in [0.2, 0.25) is 0 Å². The quantitative estimate of drug-likeness (QED) is 0.0246. The Labute approximate surface area is 515 Å². The predicted octanol–water partition coefficient (Wildman–Crippen LogP) is 16.9. The molecule has 0 saturated heterocycles. The third-order valence-electron chi connectivity index (χ3n) is 18.6. The summed E-state index contributed by atoms with van der Waals surface area (Å²) in [6, 6.07) is 42.2. The number of nitrogens with zero attached hydrogens (tertiary/aromatic N) is 4. The van der Waals surface area contributed by atoms with E-state index in [4.69, 9.17) is 9.47 Å². The first-order chi connectivity index (χ1) is 42.3. The van der Waals surface area contributed by atoms with Crippen LogP contribution in [0, 0.1) is 0 Å². The van der Waals surface area contributed by atoms with Crippen LogP contribution >= 0.6 is 23.5 Å². The standard InChI is InChI=1S/C74H80N4O6S2/c79-53(28-11-7-19-44-75-46-40-55-69-59(75)32-22-36-63(69)83-65-42-48-77-57-30-15-17-38-67(57)85-73(77)71(55)65)26-9-3-1-5-13-34-61(81)51-24-21-25-52(50-51)62(82)35-14-6-2-4-10-27-54(80)29-12-8-20-45-76-47-41-56-70-60(76)33-23-37-64(70)84-66-43-49-78-58-31-16-18-39-68(58)86-74(78)72(56)66/h15-18,21-25,30-33,36-41,46-47,50,65-66H,1-14,19-20,26-29,34-35,42-45,48-49H2/q+2. The molecule has 8 heterocycles. The number of hydrogen-bond acceptors (Lipinski definition) is 10. The number of anilines is 2. The van der Waals surface area contributed by atoms with E-state index in [1.54, 1.807) is 6.07 Å². The van der Waals surface area contributed by atoms with Gasteiger partial charge in [-0.1, -0.05) is 117 Å². The Bertz CT molecular complexity index is 3550. The normalized spacial score (nSPS) is 16.7. The number of rotatable bonds is 30. The maximum atomic E-state index is 13.1. The molecule has 0 amide bonds. The fourth-order valence-electron chi connectivity index (χ4n) is 14.1. The molecule has 86 heavy (non-hydrogen) atoms. The zero-order chi connectivity index (χ0) is 58.3. The van der Waals surface area contributed by atoms with E-state index < -0.39 is 0 Å². The number of hydrogen-bond donors (Lipinski definition) is 0. The van der Waals surface area contributed by atoms with Crippen molar-refractivity contribution in [2.45, 2.75) is 189 Å². The Balaban J connectivity index is 0.455. The Kier molecular flexibility index (Phi) is 18.2. The van der Waals surface area contributed by atoms with E-state index >= 15 is 0 Å². The molecule has 6 aliphatic heterocycles. The van der Waals surface area contributed by atoms with Crippen LogP contribution in [-0.2, 0) is 22.7 Å². The minimum atomic E-state index is 0.0687. The summed E-state index contributed by atoms with van der Waals surface area (Å²) in [6.07, 6.45) is 25.3. The molecule has 0 spiro atoms. The highest BCUT2D eigenvalue weighted by atomic mass is 32.2. The maximum Gasteiger partial charge on any atom is 0.216 e. The van der Waals surface area contributed by atoms with E-state index in [1.165, 1.54) is 75.3 Å². The highest BCUT2D eigenvalue weighted by Gasteiger charge is 2.42. The van der Waals surface area contributed by atoms with Gasteiger partial charge in [0.15, 0.2) is 24.0 Å². The summed E-state index contributed by atoms with van der Waals surface area (Å²) < 4.78 is 18.1. The van der Waals surface area contributed by atoms with Crippen LogP contribution in [0.15, 0.2) is 154 Å². The van der Waals surface area contributed by atoms with Crippen molar-refractivity contribution >= 4 is 91.0 Å². The number of carbonyl (C=O) groups is 4. The topological polar surface area (TPSA) is 101 Å². The summed E-state index contributed by atoms with van der Waals surface area (Å²) in [5.74, 6) is 2.85. The SMILES string of the molecule is O=C(CCCCCCCC(=O)c1cccc(C(=O)CCCCCCCC(=O)CCCCC[n+]2ccc3c4c(cccc42)OC2CCN4C(=C32)Sc2ccccc24)c1)CCCCC[n+]1ccc2c3c(cccc31)OC1CCN3C(=C21)Sc1ccccc13. The molecule has 6 aliphatic rings. The maximum absolute atomic E-state index is 13.1. The lowest BCUT2D eigenvalue weighted by atomic mass is 9.90. The van der Waals surface area contributed by atoms with Crippen LogP contribution in [0.5, 0.6) is 11.5 Å². The number of carbonyl (C=O) groups excluding carboxylic acids is 4. The lowest BCUT2D eigenvalue weighted by Crippen LogP contribution is -2.38. The second kappa shape index (κ2) is 26.9. The molecule has 0 aliphatic carbocycles. The summed E-state index contributed by atoms with van der Waals surface area (Å²) >= 11 is 3.74. The first kappa shape index (κ1) is 58.0. The van der Waals surface area contributed by atoms with E-state index in [0.717, 1.165) is 153 Å². The van der Waals surface area contributed by atoms with Gasteiger partial charge < -0.3 is 19.3 Å². The monoisotopic (exact) mass is 1180 g/mol. The van der Waals surface area contributed by atoms with Gasteiger partial charge in [-0.15, -0.1) is 0 Å². The van der Waals surface area contributed by atoms with Crippen molar-refractivity contribution in [3.63, 3.8) is 0 Å². The Hall–Kier alpha value is -7.02. The van der Waals surface area contributed by atoms with Crippen molar-refractivity contribution in [3.05, 3.63) is 166 Å². The molecule has 0 fully saturated rings. The summed E-state index contributed by atoms with van der Waals surface area (Å²) in [4.78, 5) is 59.5. The molecular weight excluding hydrogens is 1100 g/mol. The molecule has 5 aromatic carbocycles. The molecule has 0 radical (unpaired) electrons. The van der Waals surface area contributed by atoms with Crippen LogP contribution in [0.1, 0.15) is 186 Å². The van der Waals surface area contributed by atoms with Gasteiger partial charge in [0, 0.05) is 145 Å². The number of para-hydroxylation sites is 2. The van der Waals surface area contributed by atoms with Gasteiger partial charge in [-0.25, -0.2) is 0 Å². The largest absolute Gasteiger partial charge is 0.485 e. The van der Waals surface area contributed by atoms with Crippen molar-refractivity contribution in [2.75, 3.05) is 22.9 Å². The summed E-state index contributed by atoms with van der Waals surface area (Å²) in [7, 11) is 0. The molecule has 442 valence electrons. The Morgan fingerprint density at radius 2 is 0.826 bits per heavy atom. The highest BCUT2D eigenvalue weighted by Crippen LogP contribution is 2.56. The Morgan fingerprint density at radius 1 is 0.430 bits per heavy atom. The number of thioether (sulfide) groups is 2.